The molecule has 0 bridgehead atoms. The van der Waals surface area contributed by atoms with Crippen molar-refractivity contribution in [2.24, 2.45) is 0 Å². The van der Waals surface area contributed by atoms with Crippen molar-refractivity contribution in [3.8, 4) is 0 Å². The van der Waals surface area contributed by atoms with E-state index < -0.39 is 0 Å². The first-order valence-corrected chi connectivity index (χ1v) is 8.26. The van der Waals surface area contributed by atoms with Crippen molar-refractivity contribution < 1.29 is 9.53 Å². The van der Waals surface area contributed by atoms with Crippen LogP contribution in [0.2, 0.25) is 0 Å². The van der Waals surface area contributed by atoms with Crippen molar-refractivity contribution in [2.45, 2.75) is 65.2 Å². The number of rotatable bonds is 14. The Hall–Kier alpha value is -0.830. The number of hydrogen-bond acceptors (Lipinski definition) is 3. The Bertz CT molecular complexity index is 229. The van der Waals surface area contributed by atoms with Gasteiger partial charge in [0.2, 0.25) is 0 Å². The van der Waals surface area contributed by atoms with Crippen LogP contribution in [-0.4, -0.2) is 37.1 Å². The second kappa shape index (κ2) is 14.6. The van der Waals surface area contributed by atoms with Crippen LogP contribution in [0.1, 0.15) is 65.2 Å². The molecule has 0 radical (unpaired) electrons. The Morgan fingerprint density at radius 1 is 0.950 bits per heavy atom. The van der Waals surface area contributed by atoms with Gasteiger partial charge in [0.15, 0.2) is 0 Å². The van der Waals surface area contributed by atoms with Crippen molar-refractivity contribution in [1.82, 2.24) is 4.90 Å². The van der Waals surface area contributed by atoms with Crippen LogP contribution >= 0.6 is 0 Å². The van der Waals surface area contributed by atoms with Crippen LogP contribution in [0.3, 0.4) is 0 Å². The van der Waals surface area contributed by atoms with Crippen LogP contribution in [0.5, 0.6) is 0 Å². The van der Waals surface area contributed by atoms with E-state index in [-0.39, 0.29) is 5.97 Å². The maximum Gasteiger partial charge on any atom is 0.330 e. The van der Waals surface area contributed by atoms with E-state index in [0.717, 1.165) is 19.6 Å². The zero-order chi connectivity index (χ0) is 15.1. The molecule has 0 saturated carbocycles. The molecular weight excluding hydrogens is 250 g/mol. The quantitative estimate of drug-likeness (QED) is 0.272. The van der Waals surface area contributed by atoms with Crippen molar-refractivity contribution >= 4 is 5.97 Å². The molecule has 0 N–H and O–H groups in total. The van der Waals surface area contributed by atoms with Crippen LogP contribution in [0.15, 0.2) is 12.7 Å². The van der Waals surface area contributed by atoms with E-state index in [4.69, 9.17) is 4.74 Å². The fourth-order valence-electron chi connectivity index (χ4n) is 2.19. The average molecular weight is 283 g/mol. The molecule has 20 heavy (non-hydrogen) atoms. The van der Waals surface area contributed by atoms with E-state index in [1.165, 1.54) is 57.4 Å². The molecule has 0 rings (SSSR count). The maximum atomic E-state index is 11.0. The van der Waals surface area contributed by atoms with Gasteiger partial charge in [-0.2, -0.15) is 0 Å². The third-order valence-electron chi connectivity index (χ3n) is 3.47. The smallest absolute Gasteiger partial charge is 0.330 e. The molecule has 0 heterocycles. The van der Waals surface area contributed by atoms with E-state index in [0.29, 0.717) is 6.61 Å². The molecule has 0 unspecified atom stereocenters. The first-order valence-electron chi connectivity index (χ1n) is 8.26. The third kappa shape index (κ3) is 12.2. The predicted molar refractivity (Wildman–Crippen MR) is 85.9 cm³/mol. The molecule has 0 spiro atoms. The Morgan fingerprint density at radius 3 is 1.95 bits per heavy atom. The van der Waals surface area contributed by atoms with E-state index in [9.17, 15) is 4.79 Å². The minimum atomic E-state index is -0.318. The Labute approximate surface area is 125 Å². The summed E-state index contributed by atoms with van der Waals surface area (Å²) in [5.41, 5.74) is 0. The van der Waals surface area contributed by atoms with Gasteiger partial charge in [-0.1, -0.05) is 59.0 Å². The van der Waals surface area contributed by atoms with Gasteiger partial charge in [-0.15, -0.1) is 0 Å². The predicted octanol–water partition coefficient (Wildman–Crippen LogP) is 4.18. The van der Waals surface area contributed by atoms with Gasteiger partial charge < -0.3 is 4.74 Å². The minimum Gasteiger partial charge on any atom is -0.461 e. The van der Waals surface area contributed by atoms with Gasteiger partial charge >= 0.3 is 5.97 Å². The summed E-state index contributed by atoms with van der Waals surface area (Å²) >= 11 is 0. The molecule has 0 saturated heterocycles. The molecule has 0 fully saturated rings. The fourth-order valence-corrected chi connectivity index (χ4v) is 2.19. The molecule has 0 aromatic heterocycles. The number of hydrogen-bond donors (Lipinski definition) is 0. The van der Waals surface area contributed by atoms with Crippen molar-refractivity contribution in [1.29, 1.82) is 0 Å². The summed E-state index contributed by atoms with van der Waals surface area (Å²) < 4.78 is 5.08. The number of nitrogens with zero attached hydrogens (tertiary/aromatic N) is 1. The summed E-state index contributed by atoms with van der Waals surface area (Å²) in [7, 11) is 0. The molecule has 3 nitrogen and oxygen atoms in total. The molecular formula is C17H33NO2. The molecule has 0 aliphatic heterocycles. The Morgan fingerprint density at radius 2 is 1.50 bits per heavy atom. The molecule has 118 valence electrons. The number of unbranched alkanes of at least 4 members (excludes halogenated alkanes) is 6. The lowest BCUT2D eigenvalue weighted by Crippen LogP contribution is -2.30. The normalized spacial score (nSPS) is 10.8. The van der Waals surface area contributed by atoms with Gasteiger partial charge in [0.1, 0.15) is 6.61 Å². The summed E-state index contributed by atoms with van der Waals surface area (Å²) in [5.74, 6) is -0.318. The van der Waals surface area contributed by atoms with Crippen LogP contribution < -0.4 is 0 Å². The second-order valence-electron chi connectivity index (χ2n) is 5.33. The number of carbonyl (C=O) groups is 1. The molecule has 0 amide bonds. The first kappa shape index (κ1) is 19.2. The average Bonchev–Trinajstić information content (AvgIpc) is 2.47. The molecule has 0 aliphatic rings. The number of esters is 1. The Kier molecular flexibility index (Phi) is 14.0. The summed E-state index contributed by atoms with van der Waals surface area (Å²) in [6, 6.07) is 0. The highest BCUT2D eigenvalue weighted by molar-refractivity contribution is 5.81. The lowest BCUT2D eigenvalue weighted by atomic mass is 10.1. The topological polar surface area (TPSA) is 29.5 Å². The summed E-state index contributed by atoms with van der Waals surface area (Å²) in [5, 5.41) is 0. The standard InChI is InChI=1S/C17H33NO2/c1-4-7-9-11-13-18(14-12-10-8-5-2)15-16-20-17(19)6-3/h6H,3-5,7-16H2,1-2H3. The molecule has 0 aliphatic carbocycles. The van der Waals surface area contributed by atoms with Crippen LogP contribution in [-0.2, 0) is 9.53 Å². The monoisotopic (exact) mass is 283 g/mol. The lowest BCUT2D eigenvalue weighted by Gasteiger charge is -2.22. The number of carbonyl (C=O) groups excluding carboxylic acids is 1. The van der Waals surface area contributed by atoms with E-state index in [1.807, 2.05) is 0 Å². The van der Waals surface area contributed by atoms with Gasteiger partial charge in [0.05, 0.1) is 0 Å². The largest absolute Gasteiger partial charge is 0.461 e. The number of ether oxygens (including phenoxy) is 1. The maximum absolute atomic E-state index is 11.0. The molecule has 0 atom stereocenters. The zero-order valence-corrected chi connectivity index (χ0v) is 13.5. The SMILES string of the molecule is C=CC(=O)OCCN(CCCCCC)CCCCCC. The first-order chi connectivity index (χ1) is 9.74. The zero-order valence-electron chi connectivity index (χ0n) is 13.5. The molecule has 0 aromatic carbocycles. The highest BCUT2D eigenvalue weighted by atomic mass is 16.5. The van der Waals surface area contributed by atoms with Gasteiger partial charge in [0, 0.05) is 12.6 Å². The summed E-state index contributed by atoms with van der Waals surface area (Å²) in [4.78, 5) is 13.5. The summed E-state index contributed by atoms with van der Waals surface area (Å²) in [6.45, 7) is 11.4. The van der Waals surface area contributed by atoms with Crippen molar-refractivity contribution in [3.05, 3.63) is 12.7 Å². The molecule has 3 heteroatoms. The van der Waals surface area contributed by atoms with E-state index in [2.05, 4.69) is 25.3 Å². The van der Waals surface area contributed by atoms with Crippen molar-refractivity contribution in [3.63, 3.8) is 0 Å². The van der Waals surface area contributed by atoms with Crippen LogP contribution in [0, 0.1) is 0 Å². The molecule has 0 aromatic rings. The highest BCUT2D eigenvalue weighted by Crippen LogP contribution is 2.05. The van der Waals surface area contributed by atoms with Crippen molar-refractivity contribution in [2.75, 3.05) is 26.2 Å². The van der Waals surface area contributed by atoms with E-state index in [1.54, 1.807) is 0 Å². The van der Waals surface area contributed by atoms with Crippen LogP contribution in [0.4, 0.5) is 0 Å². The minimum absolute atomic E-state index is 0.318. The van der Waals surface area contributed by atoms with Gasteiger partial charge in [0.25, 0.3) is 0 Å². The Balaban J connectivity index is 3.84. The highest BCUT2D eigenvalue weighted by Gasteiger charge is 2.05. The third-order valence-corrected chi connectivity index (χ3v) is 3.47. The van der Waals surface area contributed by atoms with Crippen LogP contribution in [0.25, 0.3) is 0 Å². The second-order valence-corrected chi connectivity index (χ2v) is 5.33. The van der Waals surface area contributed by atoms with E-state index >= 15 is 0 Å². The fraction of sp³-hybridized carbons (Fsp3) is 0.824. The van der Waals surface area contributed by atoms with Gasteiger partial charge in [-0.3, -0.25) is 4.90 Å². The summed E-state index contributed by atoms with van der Waals surface area (Å²) in [6.07, 6.45) is 11.5. The van der Waals surface area contributed by atoms with Gasteiger partial charge in [-0.25, -0.2) is 4.79 Å². The lowest BCUT2D eigenvalue weighted by molar-refractivity contribution is -0.138. The van der Waals surface area contributed by atoms with Gasteiger partial charge in [-0.05, 0) is 25.9 Å².